The van der Waals surface area contributed by atoms with Gasteiger partial charge in [-0.2, -0.15) is 0 Å². The zero-order valence-corrected chi connectivity index (χ0v) is 15.9. The first-order chi connectivity index (χ1) is 13.0. The summed E-state index contributed by atoms with van der Waals surface area (Å²) in [6.07, 6.45) is 1.60. The van der Waals surface area contributed by atoms with E-state index in [-0.39, 0.29) is 5.91 Å². The van der Waals surface area contributed by atoms with Gasteiger partial charge in [-0.3, -0.25) is 4.79 Å². The van der Waals surface area contributed by atoms with Gasteiger partial charge in [0.1, 0.15) is 6.61 Å². The molecule has 138 valence electrons. The number of aromatic nitrogens is 1. The molecule has 0 saturated carbocycles. The van der Waals surface area contributed by atoms with Gasteiger partial charge in [-0.05, 0) is 35.2 Å². The monoisotopic (exact) mass is 360 g/mol. The summed E-state index contributed by atoms with van der Waals surface area (Å²) >= 11 is 0. The summed E-state index contributed by atoms with van der Waals surface area (Å²) in [6, 6.07) is 21.3. The van der Waals surface area contributed by atoms with Gasteiger partial charge in [0.15, 0.2) is 0 Å². The van der Waals surface area contributed by atoms with Crippen LogP contribution in [0.3, 0.4) is 0 Å². The highest BCUT2D eigenvalue weighted by Crippen LogP contribution is 2.23. The number of hydrogen-bond donors (Lipinski definition) is 0. The summed E-state index contributed by atoms with van der Waals surface area (Å²) in [6.45, 7) is 4.69. The molecule has 3 rings (SSSR count). The van der Waals surface area contributed by atoms with Crippen molar-refractivity contribution in [1.82, 2.24) is 4.98 Å². The molecule has 3 aromatic rings. The highest BCUT2D eigenvalue weighted by Gasteiger charge is 2.15. The molecule has 4 heteroatoms. The molecule has 1 aromatic heterocycles. The van der Waals surface area contributed by atoms with Crippen LogP contribution in [-0.2, 0) is 6.61 Å². The third kappa shape index (κ3) is 4.73. The Labute approximate surface area is 160 Å². The Kier molecular flexibility index (Phi) is 5.87. The van der Waals surface area contributed by atoms with E-state index in [0.29, 0.717) is 24.0 Å². The van der Waals surface area contributed by atoms with Crippen LogP contribution < -0.4 is 9.64 Å². The van der Waals surface area contributed by atoms with Gasteiger partial charge in [0.2, 0.25) is 5.88 Å². The molecule has 0 unspecified atom stereocenters. The summed E-state index contributed by atoms with van der Waals surface area (Å²) in [5.74, 6) is 0.754. The molecule has 1 amide bonds. The van der Waals surface area contributed by atoms with Crippen molar-refractivity contribution in [2.75, 3.05) is 11.9 Å². The number of pyridine rings is 1. The van der Waals surface area contributed by atoms with Crippen molar-refractivity contribution in [2.45, 2.75) is 26.4 Å². The number of hydrogen-bond acceptors (Lipinski definition) is 3. The van der Waals surface area contributed by atoms with Crippen LogP contribution in [0.5, 0.6) is 5.88 Å². The van der Waals surface area contributed by atoms with Crippen LogP contribution in [0.4, 0.5) is 5.69 Å². The van der Waals surface area contributed by atoms with Gasteiger partial charge in [0.25, 0.3) is 5.91 Å². The molecule has 1 heterocycles. The van der Waals surface area contributed by atoms with E-state index in [4.69, 9.17) is 4.74 Å². The molecule has 27 heavy (non-hydrogen) atoms. The topological polar surface area (TPSA) is 42.4 Å². The molecule has 0 radical (unpaired) electrons. The summed E-state index contributed by atoms with van der Waals surface area (Å²) in [7, 11) is 1.78. The summed E-state index contributed by atoms with van der Waals surface area (Å²) in [4.78, 5) is 18.8. The van der Waals surface area contributed by atoms with E-state index in [1.165, 1.54) is 5.56 Å². The summed E-state index contributed by atoms with van der Waals surface area (Å²) < 4.78 is 5.74. The lowest BCUT2D eigenvalue weighted by atomic mass is 10.0. The van der Waals surface area contributed by atoms with Crippen molar-refractivity contribution in [1.29, 1.82) is 0 Å². The van der Waals surface area contributed by atoms with Crippen molar-refractivity contribution in [3.8, 4) is 5.88 Å². The Hall–Kier alpha value is -3.14. The predicted molar refractivity (Wildman–Crippen MR) is 108 cm³/mol. The van der Waals surface area contributed by atoms with Crippen LogP contribution in [0.2, 0.25) is 0 Å². The molecule has 0 atom stereocenters. The third-order valence-electron chi connectivity index (χ3n) is 4.44. The predicted octanol–water partition coefficient (Wildman–Crippen LogP) is 5.06. The largest absolute Gasteiger partial charge is 0.473 e. The minimum Gasteiger partial charge on any atom is -0.473 e. The standard InChI is InChI=1S/C23H24N2O2/c1-17(2)19-10-7-11-21(14-19)25(3)23(26)20-12-13-24-22(15-20)27-16-18-8-5-4-6-9-18/h4-15,17H,16H2,1-3H3. The second kappa shape index (κ2) is 8.49. The van der Waals surface area contributed by atoms with E-state index in [9.17, 15) is 4.79 Å². The van der Waals surface area contributed by atoms with Gasteiger partial charge in [0.05, 0.1) is 0 Å². The average Bonchev–Trinajstić information content (AvgIpc) is 2.72. The Bertz CT molecular complexity index is 907. The second-order valence-electron chi connectivity index (χ2n) is 6.77. The molecular formula is C23H24N2O2. The lowest BCUT2D eigenvalue weighted by Crippen LogP contribution is -2.26. The number of carbonyl (C=O) groups is 1. The number of rotatable bonds is 6. The van der Waals surface area contributed by atoms with E-state index in [0.717, 1.165) is 11.3 Å². The van der Waals surface area contributed by atoms with Crippen molar-refractivity contribution < 1.29 is 9.53 Å². The fourth-order valence-electron chi connectivity index (χ4n) is 2.76. The van der Waals surface area contributed by atoms with E-state index >= 15 is 0 Å². The minimum atomic E-state index is -0.0946. The quantitative estimate of drug-likeness (QED) is 0.617. The molecule has 0 N–H and O–H groups in total. The van der Waals surface area contributed by atoms with E-state index < -0.39 is 0 Å². The van der Waals surface area contributed by atoms with Crippen LogP contribution in [-0.4, -0.2) is 17.9 Å². The molecule has 0 saturated heterocycles. The number of amides is 1. The molecule has 4 nitrogen and oxygen atoms in total. The zero-order valence-electron chi connectivity index (χ0n) is 15.9. The van der Waals surface area contributed by atoms with Crippen LogP contribution in [0.15, 0.2) is 72.9 Å². The lowest BCUT2D eigenvalue weighted by molar-refractivity contribution is 0.0992. The van der Waals surface area contributed by atoms with Gasteiger partial charge in [0, 0.05) is 30.6 Å². The van der Waals surface area contributed by atoms with Gasteiger partial charge in [-0.25, -0.2) is 4.98 Å². The maximum atomic E-state index is 12.9. The number of ether oxygens (including phenoxy) is 1. The maximum absolute atomic E-state index is 12.9. The molecule has 0 bridgehead atoms. The zero-order chi connectivity index (χ0) is 19.2. The van der Waals surface area contributed by atoms with E-state index in [2.05, 4.69) is 31.0 Å². The first-order valence-electron chi connectivity index (χ1n) is 9.05. The second-order valence-corrected chi connectivity index (χ2v) is 6.77. The van der Waals surface area contributed by atoms with Crippen LogP contribution in [0.25, 0.3) is 0 Å². The SMILES string of the molecule is CC(C)c1cccc(N(C)C(=O)c2ccnc(OCc3ccccc3)c2)c1. The molecule has 2 aromatic carbocycles. The molecule has 0 aliphatic heterocycles. The van der Waals surface area contributed by atoms with Crippen LogP contribution >= 0.6 is 0 Å². The van der Waals surface area contributed by atoms with Crippen molar-refractivity contribution >= 4 is 11.6 Å². The Morgan fingerprint density at radius 2 is 1.81 bits per heavy atom. The normalized spacial score (nSPS) is 10.7. The molecule has 0 fully saturated rings. The summed E-state index contributed by atoms with van der Waals surface area (Å²) in [5.41, 5.74) is 3.67. The van der Waals surface area contributed by atoms with Gasteiger partial charge >= 0.3 is 0 Å². The minimum absolute atomic E-state index is 0.0946. The number of carbonyl (C=O) groups excluding carboxylic acids is 1. The highest BCUT2D eigenvalue weighted by molar-refractivity contribution is 6.05. The Balaban J connectivity index is 1.73. The fraction of sp³-hybridized carbons (Fsp3) is 0.217. The number of anilines is 1. The maximum Gasteiger partial charge on any atom is 0.258 e. The number of nitrogens with zero attached hydrogens (tertiary/aromatic N) is 2. The molecular weight excluding hydrogens is 336 g/mol. The third-order valence-corrected chi connectivity index (χ3v) is 4.44. The number of benzene rings is 2. The highest BCUT2D eigenvalue weighted by atomic mass is 16.5. The van der Waals surface area contributed by atoms with E-state index in [1.54, 1.807) is 30.3 Å². The van der Waals surface area contributed by atoms with Crippen LogP contribution in [0.1, 0.15) is 41.3 Å². The first kappa shape index (κ1) is 18.6. The van der Waals surface area contributed by atoms with Crippen molar-refractivity contribution in [3.63, 3.8) is 0 Å². The van der Waals surface area contributed by atoms with Gasteiger partial charge in [-0.1, -0.05) is 56.3 Å². The molecule has 0 aliphatic rings. The lowest BCUT2D eigenvalue weighted by Gasteiger charge is -2.19. The fourth-order valence-corrected chi connectivity index (χ4v) is 2.76. The van der Waals surface area contributed by atoms with Crippen molar-refractivity contribution in [2.24, 2.45) is 0 Å². The molecule has 0 spiro atoms. The average molecular weight is 360 g/mol. The molecule has 0 aliphatic carbocycles. The van der Waals surface area contributed by atoms with Crippen molar-refractivity contribution in [3.05, 3.63) is 89.6 Å². The van der Waals surface area contributed by atoms with Gasteiger partial charge < -0.3 is 9.64 Å². The van der Waals surface area contributed by atoms with Gasteiger partial charge in [-0.15, -0.1) is 0 Å². The van der Waals surface area contributed by atoms with E-state index in [1.807, 2.05) is 42.5 Å². The summed E-state index contributed by atoms with van der Waals surface area (Å²) in [5, 5.41) is 0. The Morgan fingerprint density at radius 3 is 2.56 bits per heavy atom. The smallest absolute Gasteiger partial charge is 0.258 e. The van der Waals surface area contributed by atoms with Crippen LogP contribution in [0, 0.1) is 0 Å². The Morgan fingerprint density at radius 1 is 1.04 bits per heavy atom. The first-order valence-corrected chi connectivity index (χ1v) is 9.05.